The summed E-state index contributed by atoms with van der Waals surface area (Å²) < 4.78 is 14.3. The molecule has 0 saturated heterocycles. The zero-order valence-corrected chi connectivity index (χ0v) is 12.4. The van der Waals surface area contributed by atoms with Crippen molar-refractivity contribution in [3.05, 3.63) is 64.1 Å². The number of nitrogens with zero attached hydrogens (tertiary/aromatic N) is 1. The highest BCUT2D eigenvalue weighted by Gasteiger charge is 2.06. The second-order valence-electron chi connectivity index (χ2n) is 4.37. The van der Waals surface area contributed by atoms with Gasteiger partial charge in [0.2, 0.25) is 5.91 Å². The largest absolute Gasteiger partial charge is 0.352 e. The molecule has 0 unspecified atom stereocenters. The Balaban J connectivity index is 1.80. The van der Waals surface area contributed by atoms with Crippen molar-refractivity contribution in [2.45, 2.75) is 19.4 Å². The normalized spacial score (nSPS) is 10.3. The van der Waals surface area contributed by atoms with E-state index in [4.69, 9.17) is 0 Å². The van der Waals surface area contributed by atoms with Gasteiger partial charge in [0.15, 0.2) is 0 Å². The van der Waals surface area contributed by atoms with Crippen molar-refractivity contribution in [3.63, 3.8) is 0 Å². The van der Waals surface area contributed by atoms with Crippen LogP contribution in [0.2, 0.25) is 0 Å². The minimum Gasteiger partial charge on any atom is -0.352 e. The SMILES string of the molecule is O=C(CCc1ccc(Br)cc1F)NCc1cccnc1. The van der Waals surface area contributed by atoms with Crippen molar-refractivity contribution >= 4 is 21.8 Å². The van der Waals surface area contributed by atoms with Crippen molar-refractivity contribution in [1.29, 1.82) is 0 Å². The molecule has 0 aliphatic heterocycles. The highest BCUT2D eigenvalue weighted by molar-refractivity contribution is 9.10. The molecule has 20 heavy (non-hydrogen) atoms. The molecule has 2 aromatic rings. The quantitative estimate of drug-likeness (QED) is 0.910. The second-order valence-corrected chi connectivity index (χ2v) is 5.29. The Morgan fingerprint density at radius 3 is 2.90 bits per heavy atom. The van der Waals surface area contributed by atoms with Crippen molar-refractivity contribution in [2.24, 2.45) is 0 Å². The maximum absolute atomic E-state index is 13.6. The van der Waals surface area contributed by atoms with Crippen molar-refractivity contribution < 1.29 is 9.18 Å². The van der Waals surface area contributed by atoms with E-state index in [-0.39, 0.29) is 18.1 Å². The summed E-state index contributed by atoms with van der Waals surface area (Å²) in [6.07, 6.45) is 4.03. The highest BCUT2D eigenvalue weighted by atomic mass is 79.9. The number of pyridine rings is 1. The monoisotopic (exact) mass is 336 g/mol. The van der Waals surface area contributed by atoms with Gasteiger partial charge in [-0.15, -0.1) is 0 Å². The summed E-state index contributed by atoms with van der Waals surface area (Å²) in [6, 6.07) is 8.57. The second kappa shape index (κ2) is 7.14. The van der Waals surface area contributed by atoms with E-state index in [0.29, 0.717) is 23.0 Å². The fourth-order valence-corrected chi connectivity index (χ4v) is 2.10. The smallest absolute Gasteiger partial charge is 0.220 e. The van der Waals surface area contributed by atoms with Gasteiger partial charge in [0.1, 0.15) is 5.82 Å². The minimum atomic E-state index is -0.292. The number of aromatic nitrogens is 1. The number of halogens is 2. The zero-order chi connectivity index (χ0) is 14.4. The van der Waals surface area contributed by atoms with Crippen LogP contribution in [0.5, 0.6) is 0 Å². The first-order chi connectivity index (χ1) is 9.65. The summed E-state index contributed by atoms with van der Waals surface area (Å²) >= 11 is 3.20. The van der Waals surface area contributed by atoms with E-state index in [1.807, 2.05) is 12.1 Å². The number of hydrogen-bond acceptors (Lipinski definition) is 2. The van der Waals surface area contributed by atoms with Gasteiger partial charge >= 0.3 is 0 Å². The lowest BCUT2D eigenvalue weighted by atomic mass is 10.1. The van der Waals surface area contributed by atoms with E-state index >= 15 is 0 Å². The molecule has 0 atom stereocenters. The number of carbonyl (C=O) groups excluding carboxylic acids is 1. The number of hydrogen-bond donors (Lipinski definition) is 1. The first-order valence-corrected chi connectivity index (χ1v) is 7.04. The maximum Gasteiger partial charge on any atom is 0.220 e. The number of aryl methyl sites for hydroxylation is 1. The molecule has 0 saturated carbocycles. The Labute approximate surface area is 125 Å². The molecule has 0 fully saturated rings. The molecule has 1 heterocycles. The number of amides is 1. The van der Waals surface area contributed by atoms with E-state index in [0.717, 1.165) is 5.56 Å². The summed E-state index contributed by atoms with van der Waals surface area (Å²) in [6.45, 7) is 0.440. The number of rotatable bonds is 5. The first-order valence-electron chi connectivity index (χ1n) is 6.24. The lowest BCUT2D eigenvalue weighted by Gasteiger charge is -2.06. The molecule has 3 nitrogen and oxygen atoms in total. The molecule has 1 aromatic heterocycles. The first kappa shape index (κ1) is 14.7. The molecular formula is C15H14BrFN2O. The summed E-state index contributed by atoms with van der Waals surface area (Å²) in [4.78, 5) is 15.7. The van der Waals surface area contributed by atoms with Gasteiger partial charge in [-0.25, -0.2) is 4.39 Å². The standard InChI is InChI=1S/C15H14BrFN2O/c16-13-5-3-12(14(17)8-13)4-6-15(20)19-10-11-2-1-7-18-9-11/h1-3,5,7-9H,4,6,10H2,(H,19,20). The molecule has 104 valence electrons. The van der Waals surface area contributed by atoms with Crippen LogP contribution in [0.4, 0.5) is 4.39 Å². The van der Waals surface area contributed by atoms with Gasteiger partial charge in [-0.3, -0.25) is 9.78 Å². The van der Waals surface area contributed by atoms with Crippen molar-refractivity contribution in [2.75, 3.05) is 0 Å². The average molecular weight is 337 g/mol. The Morgan fingerprint density at radius 1 is 1.35 bits per heavy atom. The van der Waals surface area contributed by atoms with Crippen LogP contribution >= 0.6 is 15.9 Å². The molecule has 0 aliphatic rings. The molecule has 0 bridgehead atoms. The van der Waals surface area contributed by atoms with Gasteiger partial charge in [-0.1, -0.05) is 28.1 Å². The Kier molecular flexibility index (Phi) is 5.24. The third-order valence-electron chi connectivity index (χ3n) is 2.85. The van der Waals surface area contributed by atoms with Gasteiger partial charge in [-0.2, -0.15) is 0 Å². The lowest BCUT2D eigenvalue weighted by Crippen LogP contribution is -2.23. The summed E-state index contributed by atoms with van der Waals surface area (Å²) in [5.74, 6) is -0.393. The van der Waals surface area contributed by atoms with Crippen LogP contribution in [-0.4, -0.2) is 10.9 Å². The predicted octanol–water partition coefficient (Wildman–Crippen LogP) is 3.23. The predicted molar refractivity (Wildman–Crippen MR) is 78.5 cm³/mol. The van der Waals surface area contributed by atoms with E-state index in [1.54, 1.807) is 24.5 Å². The van der Waals surface area contributed by atoms with Gasteiger partial charge in [0, 0.05) is 29.8 Å². The van der Waals surface area contributed by atoms with E-state index in [1.165, 1.54) is 6.07 Å². The molecule has 1 aromatic carbocycles. The van der Waals surface area contributed by atoms with Crippen LogP contribution in [0, 0.1) is 5.82 Å². The van der Waals surface area contributed by atoms with E-state index in [2.05, 4.69) is 26.2 Å². The summed E-state index contributed by atoms with van der Waals surface area (Å²) in [5, 5.41) is 2.79. The zero-order valence-electron chi connectivity index (χ0n) is 10.8. The van der Waals surface area contributed by atoms with Crippen LogP contribution in [0.25, 0.3) is 0 Å². The van der Waals surface area contributed by atoms with Crippen LogP contribution < -0.4 is 5.32 Å². The molecular weight excluding hydrogens is 323 g/mol. The van der Waals surface area contributed by atoms with E-state index < -0.39 is 0 Å². The third-order valence-corrected chi connectivity index (χ3v) is 3.34. The third kappa shape index (κ3) is 4.42. The van der Waals surface area contributed by atoms with Gasteiger partial charge in [0.25, 0.3) is 0 Å². The Hall–Kier alpha value is -1.75. The van der Waals surface area contributed by atoms with Crippen LogP contribution in [0.1, 0.15) is 17.5 Å². The van der Waals surface area contributed by atoms with Crippen LogP contribution in [-0.2, 0) is 17.8 Å². The number of carbonyl (C=O) groups is 1. The van der Waals surface area contributed by atoms with Gasteiger partial charge < -0.3 is 5.32 Å². The molecule has 2 rings (SSSR count). The van der Waals surface area contributed by atoms with Gasteiger partial charge in [-0.05, 0) is 35.7 Å². The van der Waals surface area contributed by atoms with Crippen molar-refractivity contribution in [3.8, 4) is 0 Å². The number of benzene rings is 1. The fraction of sp³-hybridized carbons (Fsp3) is 0.200. The lowest BCUT2D eigenvalue weighted by molar-refractivity contribution is -0.121. The van der Waals surface area contributed by atoms with Crippen molar-refractivity contribution in [1.82, 2.24) is 10.3 Å². The maximum atomic E-state index is 13.6. The Bertz CT molecular complexity index is 590. The van der Waals surface area contributed by atoms with Crippen LogP contribution in [0.3, 0.4) is 0 Å². The number of nitrogens with one attached hydrogen (secondary N) is 1. The minimum absolute atomic E-state index is 0.101. The highest BCUT2D eigenvalue weighted by Crippen LogP contribution is 2.16. The summed E-state index contributed by atoms with van der Waals surface area (Å²) in [5.41, 5.74) is 1.49. The average Bonchev–Trinajstić information content (AvgIpc) is 2.45. The molecule has 5 heteroatoms. The Morgan fingerprint density at radius 2 is 2.20 bits per heavy atom. The fourth-order valence-electron chi connectivity index (χ4n) is 1.76. The van der Waals surface area contributed by atoms with Gasteiger partial charge in [0.05, 0.1) is 0 Å². The molecule has 0 aliphatic carbocycles. The molecule has 0 spiro atoms. The topological polar surface area (TPSA) is 42.0 Å². The van der Waals surface area contributed by atoms with Crippen LogP contribution in [0.15, 0.2) is 47.2 Å². The summed E-state index contributed by atoms with van der Waals surface area (Å²) in [7, 11) is 0. The molecule has 0 radical (unpaired) electrons. The molecule has 1 N–H and O–H groups in total. The molecule has 1 amide bonds. The van der Waals surface area contributed by atoms with E-state index in [9.17, 15) is 9.18 Å².